The van der Waals surface area contributed by atoms with Gasteiger partial charge in [-0.15, -0.1) is 0 Å². The Morgan fingerprint density at radius 3 is 2.85 bits per heavy atom. The van der Waals surface area contributed by atoms with E-state index in [1.54, 1.807) is 0 Å². The molecule has 1 saturated heterocycles. The fraction of sp³-hybridized carbons (Fsp3) is 0.900. The second kappa shape index (κ2) is 3.29. The molecule has 1 heterocycles. The number of ether oxygens (including phenoxy) is 1. The lowest BCUT2D eigenvalue weighted by atomic mass is 10.1. The van der Waals surface area contributed by atoms with E-state index < -0.39 is 0 Å². The molecular weight excluding hydrogens is 166 g/mol. The van der Waals surface area contributed by atoms with Crippen molar-refractivity contribution in [3.63, 3.8) is 0 Å². The van der Waals surface area contributed by atoms with Crippen molar-refractivity contribution in [2.24, 2.45) is 5.41 Å². The summed E-state index contributed by atoms with van der Waals surface area (Å²) in [4.78, 5) is 11.6. The van der Waals surface area contributed by atoms with Crippen molar-refractivity contribution in [3.05, 3.63) is 0 Å². The van der Waals surface area contributed by atoms with Crippen LogP contribution in [0.3, 0.4) is 0 Å². The molecule has 2 fully saturated rings. The third-order valence-electron chi connectivity index (χ3n) is 3.04. The standard InChI is InChI=1S/C10H17NO2/c1-10(4-5-10)9(12)11-8-3-2-6-13-7-8/h8H,2-7H2,1H3,(H,11,12)/t8-/m0/s1. The number of carbonyl (C=O) groups is 1. The predicted molar refractivity (Wildman–Crippen MR) is 49.3 cm³/mol. The van der Waals surface area contributed by atoms with E-state index in [2.05, 4.69) is 5.32 Å². The van der Waals surface area contributed by atoms with E-state index in [1.165, 1.54) is 0 Å². The first-order valence-corrected chi connectivity index (χ1v) is 5.09. The Balaban J connectivity index is 1.79. The van der Waals surface area contributed by atoms with Crippen LogP contribution < -0.4 is 5.32 Å². The van der Waals surface area contributed by atoms with Gasteiger partial charge in [-0.05, 0) is 25.7 Å². The lowest BCUT2D eigenvalue weighted by Crippen LogP contribution is -2.43. The topological polar surface area (TPSA) is 38.3 Å². The largest absolute Gasteiger partial charge is 0.379 e. The Hall–Kier alpha value is -0.570. The number of hydrogen-bond acceptors (Lipinski definition) is 2. The highest BCUT2D eigenvalue weighted by Crippen LogP contribution is 2.45. The summed E-state index contributed by atoms with van der Waals surface area (Å²) >= 11 is 0. The van der Waals surface area contributed by atoms with Gasteiger partial charge in [0.05, 0.1) is 12.6 Å². The molecule has 2 rings (SSSR count). The van der Waals surface area contributed by atoms with Crippen LogP contribution in [0.4, 0.5) is 0 Å². The van der Waals surface area contributed by atoms with Gasteiger partial charge in [-0.1, -0.05) is 6.92 Å². The van der Waals surface area contributed by atoms with E-state index in [-0.39, 0.29) is 17.4 Å². The summed E-state index contributed by atoms with van der Waals surface area (Å²) in [6.45, 7) is 3.58. The average molecular weight is 183 g/mol. The molecule has 1 amide bonds. The van der Waals surface area contributed by atoms with E-state index in [9.17, 15) is 4.79 Å². The van der Waals surface area contributed by atoms with Gasteiger partial charge < -0.3 is 10.1 Å². The highest BCUT2D eigenvalue weighted by atomic mass is 16.5. The highest BCUT2D eigenvalue weighted by Gasteiger charge is 2.45. The summed E-state index contributed by atoms with van der Waals surface area (Å²) in [6, 6.07) is 0.263. The number of hydrogen-bond donors (Lipinski definition) is 1. The first-order chi connectivity index (χ1) is 6.21. The molecule has 13 heavy (non-hydrogen) atoms. The van der Waals surface area contributed by atoms with Gasteiger partial charge in [0.15, 0.2) is 0 Å². The number of nitrogens with one attached hydrogen (secondary N) is 1. The fourth-order valence-corrected chi connectivity index (χ4v) is 1.63. The van der Waals surface area contributed by atoms with E-state index in [0.29, 0.717) is 6.61 Å². The maximum atomic E-state index is 11.6. The Labute approximate surface area is 78.8 Å². The van der Waals surface area contributed by atoms with Crippen molar-refractivity contribution >= 4 is 5.91 Å². The van der Waals surface area contributed by atoms with E-state index in [0.717, 1.165) is 32.3 Å². The van der Waals surface area contributed by atoms with Gasteiger partial charge >= 0.3 is 0 Å². The van der Waals surface area contributed by atoms with Crippen LogP contribution in [-0.2, 0) is 9.53 Å². The summed E-state index contributed by atoms with van der Waals surface area (Å²) in [7, 11) is 0. The lowest BCUT2D eigenvalue weighted by molar-refractivity contribution is -0.127. The SMILES string of the molecule is CC1(C(=O)N[C@H]2CCCOC2)CC1. The van der Waals surface area contributed by atoms with Crippen LogP contribution in [0.1, 0.15) is 32.6 Å². The second-order valence-corrected chi connectivity index (χ2v) is 4.45. The zero-order chi connectivity index (χ0) is 9.31. The lowest BCUT2D eigenvalue weighted by Gasteiger charge is -2.24. The van der Waals surface area contributed by atoms with Crippen molar-refractivity contribution in [2.45, 2.75) is 38.6 Å². The Bertz CT molecular complexity index is 205. The smallest absolute Gasteiger partial charge is 0.226 e. The molecule has 1 atom stereocenters. The molecule has 1 aliphatic heterocycles. The average Bonchev–Trinajstić information content (AvgIpc) is 2.87. The number of rotatable bonds is 2. The Morgan fingerprint density at radius 2 is 2.31 bits per heavy atom. The molecule has 0 aromatic rings. The van der Waals surface area contributed by atoms with Gasteiger partial charge in [0, 0.05) is 12.0 Å². The summed E-state index contributed by atoms with van der Waals surface area (Å²) in [5.74, 6) is 0.225. The van der Waals surface area contributed by atoms with Crippen molar-refractivity contribution < 1.29 is 9.53 Å². The van der Waals surface area contributed by atoms with Crippen LogP contribution >= 0.6 is 0 Å². The predicted octanol–water partition coefficient (Wildman–Crippen LogP) is 1.08. The first kappa shape index (κ1) is 9.00. The molecule has 3 nitrogen and oxygen atoms in total. The first-order valence-electron chi connectivity index (χ1n) is 5.09. The van der Waals surface area contributed by atoms with E-state index in [1.807, 2.05) is 6.92 Å². The van der Waals surface area contributed by atoms with Crippen LogP contribution in [0.25, 0.3) is 0 Å². The molecule has 0 radical (unpaired) electrons. The normalized spacial score (nSPS) is 31.0. The van der Waals surface area contributed by atoms with Gasteiger partial charge in [-0.2, -0.15) is 0 Å². The van der Waals surface area contributed by atoms with Crippen LogP contribution in [0.2, 0.25) is 0 Å². The summed E-state index contributed by atoms with van der Waals surface area (Å²) in [5.41, 5.74) is -0.0442. The van der Waals surface area contributed by atoms with Crippen LogP contribution in [0.5, 0.6) is 0 Å². The molecule has 0 aromatic carbocycles. The van der Waals surface area contributed by atoms with Crippen molar-refractivity contribution in [3.8, 4) is 0 Å². The number of amides is 1. The minimum absolute atomic E-state index is 0.0442. The molecule has 0 aromatic heterocycles. The minimum atomic E-state index is -0.0442. The second-order valence-electron chi connectivity index (χ2n) is 4.45. The maximum absolute atomic E-state index is 11.6. The third-order valence-corrected chi connectivity index (χ3v) is 3.04. The quantitative estimate of drug-likeness (QED) is 0.695. The van der Waals surface area contributed by atoms with Gasteiger partial charge in [0.25, 0.3) is 0 Å². The molecule has 1 aliphatic carbocycles. The third kappa shape index (κ3) is 2.02. The molecule has 2 aliphatic rings. The van der Waals surface area contributed by atoms with Crippen LogP contribution in [0.15, 0.2) is 0 Å². The molecule has 1 N–H and O–H groups in total. The highest BCUT2D eigenvalue weighted by molar-refractivity contribution is 5.85. The summed E-state index contributed by atoms with van der Waals surface area (Å²) in [5, 5.41) is 3.06. The summed E-state index contributed by atoms with van der Waals surface area (Å²) in [6.07, 6.45) is 4.24. The molecule has 3 heteroatoms. The van der Waals surface area contributed by atoms with Crippen molar-refractivity contribution in [1.82, 2.24) is 5.32 Å². The van der Waals surface area contributed by atoms with E-state index in [4.69, 9.17) is 4.74 Å². The van der Waals surface area contributed by atoms with Gasteiger partial charge in [0.2, 0.25) is 5.91 Å². The van der Waals surface area contributed by atoms with Gasteiger partial charge in [0.1, 0.15) is 0 Å². The zero-order valence-electron chi connectivity index (χ0n) is 8.14. The summed E-state index contributed by atoms with van der Waals surface area (Å²) < 4.78 is 5.30. The van der Waals surface area contributed by atoms with Crippen molar-refractivity contribution in [2.75, 3.05) is 13.2 Å². The maximum Gasteiger partial charge on any atom is 0.226 e. The zero-order valence-corrected chi connectivity index (χ0v) is 8.14. The number of carbonyl (C=O) groups excluding carboxylic acids is 1. The van der Waals surface area contributed by atoms with E-state index >= 15 is 0 Å². The minimum Gasteiger partial charge on any atom is -0.379 e. The molecular formula is C10H17NO2. The van der Waals surface area contributed by atoms with Gasteiger partial charge in [-0.3, -0.25) is 4.79 Å². The molecule has 1 saturated carbocycles. The molecule has 0 unspecified atom stereocenters. The Kier molecular flexibility index (Phi) is 2.28. The molecule has 74 valence electrons. The molecule has 0 bridgehead atoms. The fourth-order valence-electron chi connectivity index (χ4n) is 1.63. The molecule has 0 spiro atoms. The van der Waals surface area contributed by atoms with Gasteiger partial charge in [-0.25, -0.2) is 0 Å². The monoisotopic (exact) mass is 183 g/mol. The van der Waals surface area contributed by atoms with Crippen LogP contribution in [0, 0.1) is 5.41 Å². The van der Waals surface area contributed by atoms with Crippen LogP contribution in [-0.4, -0.2) is 25.2 Å². The van der Waals surface area contributed by atoms with Crippen molar-refractivity contribution in [1.29, 1.82) is 0 Å². The Morgan fingerprint density at radius 1 is 1.54 bits per heavy atom.